The molecular formula is C17H22N2S4. The van der Waals surface area contributed by atoms with Gasteiger partial charge in [-0.2, -0.15) is 0 Å². The van der Waals surface area contributed by atoms with Crippen LogP contribution in [0.4, 0.5) is 0 Å². The van der Waals surface area contributed by atoms with Gasteiger partial charge in [0.25, 0.3) is 0 Å². The van der Waals surface area contributed by atoms with Gasteiger partial charge in [0.2, 0.25) is 0 Å². The van der Waals surface area contributed by atoms with Crippen molar-refractivity contribution in [1.29, 1.82) is 0 Å². The molecule has 23 heavy (non-hydrogen) atoms. The lowest BCUT2D eigenvalue weighted by molar-refractivity contribution is 0.679. The first-order valence-corrected chi connectivity index (χ1v) is 12.4. The monoisotopic (exact) mass is 382 g/mol. The maximum atomic E-state index is 4.38. The molecule has 0 amide bonds. The Morgan fingerprint density at radius 3 is 2.22 bits per heavy atom. The lowest BCUT2D eigenvalue weighted by Crippen LogP contribution is -2.01. The number of hydrogen-bond donors (Lipinski definition) is 0. The van der Waals surface area contributed by atoms with E-state index in [0.29, 0.717) is 5.25 Å². The summed E-state index contributed by atoms with van der Waals surface area (Å²) >= 11 is 0. The minimum absolute atomic E-state index is 0.715. The topological polar surface area (TPSA) is 25.8 Å². The van der Waals surface area contributed by atoms with E-state index in [1.54, 1.807) is 10.8 Å². The van der Waals surface area contributed by atoms with Gasteiger partial charge in [0.15, 0.2) is 0 Å². The molecule has 0 radical (unpaired) electrons. The molecule has 2 heterocycles. The van der Waals surface area contributed by atoms with Gasteiger partial charge in [-0.25, -0.2) is 9.97 Å². The smallest absolute Gasteiger partial charge is 0.106 e. The van der Waals surface area contributed by atoms with E-state index in [1.165, 1.54) is 31.4 Å². The third-order valence-corrected chi connectivity index (χ3v) is 8.27. The molecule has 2 rings (SSSR count). The molecule has 0 bridgehead atoms. The van der Waals surface area contributed by atoms with Crippen molar-refractivity contribution in [1.82, 2.24) is 9.97 Å². The molecule has 0 aromatic carbocycles. The number of hydrogen-bond acceptors (Lipinski definition) is 6. The fourth-order valence-corrected chi connectivity index (χ4v) is 6.58. The zero-order valence-corrected chi connectivity index (χ0v) is 16.5. The van der Waals surface area contributed by atoms with Gasteiger partial charge >= 0.3 is 0 Å². The second-order valence-corrected chi connectivity index (χ2v) is 9.93. The van der Waals surface area contributed by atoms with Gasteiger partial charge < -0.3 is 0 Å². The van der Waals surface area contributed by atoms with Crippen molar-refractivity contribution in [2.75, 3.05) is 5.75 Å². The summed E-state index contributed by atoms with van der Waals surface area (Å²) in [5.74, 6) is 1.18. The van der Waals surface area contributed by atoms with Gasteiger partial charge in [-0.1, -0.05) is 47.1 Å². The highest BCUT2D eigenvalue weighted by atomic mass is 33.1. The maximum Gasteiger partial charge on any atom is 0.106 e. The molecule has 0 saturated carbocycles. The molecule has 0 spiro atoms. The van der Waals surface area contributed by atoms with Crippen LogP contribution in [0.15, 0.2) is 58.8 Å². The first kappa shape index (κ1) is 19.0. The largest absolute Gasteiger partial charge is 0.249 e. The lowest BCUT2D eigenvalue weighted by Gasteiger charge is -2.14. The lowest BCUT2D eigenvalue weighted by atomic mass is 10.2. The van der Waals surface area contributed by atoms with Gasteiger partial charge in [-0.05, 0) is 65.1 Å². The van der Waals surface area contributed by atoms with Crippen molar-refractivity contribution in [2.24, 2.45) is 0 Å². The maximum absolute atomic E-state index is 4.38. The fraction of sp³-hybridized carbons (Fsp3) is 0.412. The van der Waals surface area contributed by atoms with Gasteiger partial charge in [-0.15, -0.1) is 0 Å². The van der Waals surface area contributed by atoms with E-state index in [0.717, 1.165) is 10.1 Å². The summed E-state index contributed by atoms with van der Waals surface area (Å²) in [7, 11) is 7.48. The normalized spacial score (nSPS) is 12.2. The van der Waals surface area contributed by atoms with Gasteiger partial charge in [-0.3, -0.25) is 0 Å². The van der Waals surface area contributed by atoms with E-state index < -0.39 is 0 Å². The molecular weight excluding hydrogens is 360 g/mol. The van der Waals surface area contributed by atoms with Crippen LogP contribution < -0.4 is 0 Å². The van der Waals surface area contributed by atoms with Crippen LogP contribution >= 0.6 is 43.2 Å². The second-order valence-electron chi connectivity index (χ2n) is 4.97. The van der Waals surface area contributed by atoms with Gasteiger partial charge in [0.1, 0.15) is 10.1 Å². The van der Waals surface area contributed by atoms with Gasteiger partial charge in [0, 0.05) is 23.4 Å². The molecule has 2 aromatic rings. The van der Waals surface area contributed by atoms with E-state index in [-0.39, 0.29) is 0 Å². The summed E-state index contributed by atoms with van der Waals surface area (Å²) in [5, 5.41) is 2.92. The average Bonchev–Trinajstić information content (AvgIpc) is 2.61. The van der Waals surface area contributed by atoms with Crippen LogP contribution in [-0.2, 0) is 0 Å². The molecule has 6 heteroatoms. The highest BCUT2D eigenvalue weighted by Crippen LogP contribution is 2.37. The molecule has 124 valence electrons. The molecule has 0 fully saturated rings. The zero-order valence-electron chi connectivity index (χ0n) is 13.3. The van der Waals surface area contributed by atoms with Crippen molar-refractivity contribution in [3.8, 4) is 0 Å². The molecule has 0 aliphatic carbocycles. The third-order valence-electron chi connectivity index (χ3n) is 3.05. The Balaban J connectivity index is 1.62. The molecule has 1 atom stereocenters. The van der Waals surface area contributed by atoms with Crippen molar-refractivity contribution in [3.05, 3.63) is 48.8 Å². The van der Waals surface area contributed by atoms with E-state index >= 15 is 0 Å². The van der Waals surface area contributed by atoms with Crippen molar-refractivity contribution < 1.29 is 0 Å². The van der Waals surface area contributed by atoms with E-state index in [4.69, 9.17) is 0 Å². The Labute approximate surface area is 155 Å². The zero-order chi connectivity index (χ0) is 16.2. The highest BCUT2D eigenvalue weighted by molar-refractivity contribution is 8.77. The first-order valence-electron chi connectivity index (χ1n) is 7.83. The molecule has 0 N–H and O–H groups in total. The Kier molecular flexibility index (Phi) is 10.0. The number of nitrogens with zero attached hydrogens (tertiary/aromatic N) is 2. The van der Waals surface area contributed by atoms with Crippen LogP contribution in [0.2, 0.25) is 0 Å². The van der Waals surface area contributed by atoms with Crippen molar-refractivity contribution >= 4 is 43.2 Å². The Bertz CT molecular complexity index is 525. The predicted molar refractivity (Wildman–Crippen MR) is 108 cm³/mol. The molecule has 2 nitrogen and oxygen atoms in total. The molecule has 1 unspecified atom stereocenters. The molecule has 2 aromatic heterocycles. The minimum Gasteiger partial charge on any atom is -0.249 e. The Morgan fingerprint density at radius 2 is 1.61 bits per heavy atom. The van der Waals surface area contributed by atoms with Crippen LogP contribution in [-0.4, -0.2) is 21.0 Å². The van der Waals surface area contributed by atoms with Crippen LogP contribution in [0.1, 0.15) is 32.6 Å². The number of rotatable bonds is 11. The Hall–Kier alpha value is -0.300. The summed E-state index contributed by atoms with van der Waals surface area (Å²) in [6.07, 6.45) is 8.77. The summed E-state index contributed by atoms with van der Waals surface area (Å²) in [5.41, 5.74) is 0. The standard InChI is InChI=1S/C17H22N2S4/c1-2-8-15(21-23-17-11-4-6-13-19-17)9-7-14-20-22-16-10-3-5-12-18-16/h3-6,10-13,15H,2,7-9,14H2,1H3. The molecule has 0 aliphatic heterocycles. The SMILES string of the molecule is CCCC(CCCSSc1ccccn1)SSc1ccccn1. The van der Waals surface area contributed by atoms with Crippen molar-refractivity contribution in [3.63, 3.8) is 0 Å². The van der Waals surface area contributed by atoms with Crippen LogP contribution in [0.25, 0.3) is 0 Å². The third kappa shape index (κ3) is 8.38. The van der Waals surface area contributed by atoms with Gasteiger partial charge in [0.05, 0.1) is 0 Å². The van der Waals surface area contributed by atoms with E-state index in [1.807, 2.05) is 63.0 Å². The van der Waals surface area contributed by atoms with Crippen LogP contribution in [0.3, 0.4) is 0 Å². The number of pyridine rings is 2. The summed E-state index contributed by atoms with van der Waals surface area (Å²) in [6.45, 7) is 2.27. The minimum atomic E-state index is 0.715. The van der Waals surface area contributed by atoms with Crippen LogP contribution in [0, 0.1) is 0 Å². The van der Waals surface area contributed by atoms with Crippen molar-refractivity contribution in [2.45, 2.75) is 47.9 Å². The van der Waals surface area contributed by atoms with E-state index in [2.05, 4.69) is 35.1 Å². The molecule has 0 saturated heterocycles. The predicted octanol–water partition coefficient (Wildman–Crippen LogP) is 6.61. The Morgan fingerprint density at radius 1 is 0.913 bits per heavy atom. The summed E-state index contributed by atoms with van der Waals surface area (Å²) in [4.78, 5) is 8.71. The molecule has 0 aliphatic rings. The average molecular weight is 383 g/mol. The quantitative estimate of drug-likeness (QED) is 0.320. The first-order chi connectivity index (χ1) is 11.4. The number of aromatic nitrogens is 2. The summed E-state index contributed by atoms with van der Waals surface area (Å²) in [6, 6.07) is 12.2. The van der Waals surface area contributed by atoms with Crippen LogP contribution in [0.5, 0.6) is 0 Å². The van der Waals surface area contributed by atoms with E-state index in [9.17, 15) is 0 Å². The fourth-order valence-electron chi connectivity index (χ4n) is 1.94. The second kappa shape index (κ2) is 12.1. The highest BCUT2D eigenvalue weighted by Gasteiger charge is 2.10. The summed E-state index contributed by atoms with van der Waals surface area (Å²) < 4.78 is 0.